The SMILES string of the molecule is CCOCCCn1c(CN(C)Cc2cccc(F)c2)c2c(=O)n(Cc3ccccc3)[nH]c2cc1=O. The van der Waals surface area contributed by atoms with E-state index in [2.05, 4.69) is 5.10 Å². The maximum Gasteiger partial charge on any atom is 0.276 e. The van der Waals surface area contributed by atoms with Crippen molar-refractivity contribution in [3.8, 4) is 0 Å². The Morgan fingerprint density at radius 3 is 2.51 bits per heavy atom. The first-order chi connectivity index (χ1) is 17.0. The Hall–Kier alpha value is -3.49. The van der Waals surface area contributed by atoms with Gasteiger partial charge in [0.15, 0.2) is 0 Å². The predicted octanol–water partition coefficient (Wildman–Crippen LogP) is 3.74. The standard InChI is InChI=1S/C27H31FN4O3/c1-3-35-14-8-13-31-24(19-30(2)17-21-11-7-12-22(28)15-21)26-23(16-25(31)33)29-32(27(26)34)18-20-9-5-4-6-10-20/h4-7,9-12,15-16,29H,3,8,13-14,17-19H2,1-2H3. The van der Waals surface area contributed by atoms with Crippen molar-refractivity contribution < 1.29 is 9.13 Å². The molecule has 1 N–H and O–H groups in total. The van der Waals surface area contributed by atoms with E-state index in [1.807, 2.05) is 55.3 Å². The molecule has 0 saturated carbocycles. The Balaban J connectivity index is 1.72. The van der Waals surface area contributed by atoms with E-state index in [-0.39, 0.29) is 16.9 Å². The molecule has 2 heterocycles. The van der Waals surface area contributed by atoms with Gasteiger partial charge in [0.1, 0.15) is 5.82 Å². The van der Waals surface area contributed by atoms with Crippen LogP contribution >= 0.6 is 0 Å². The van der Waals surface area contributed by atoms with E-state index in [0.29, 0.717) is 62.4 Å². The van der Waals surface area contributed by atoms with Gasteiger partial charge in [-0.25, -0.2) is 9.07 Å². The average molecular weight is 479 g/mol. The highest BCUT2D eigenvalue weighted by Gasteiger charge is 2.19. The van der Waals surface area contributed by atoms with Crippen LogP contribution < -0.4 is 11.1 Å². The van der Waals surface area contributed by atoms with E-state index in [4.69, 9.17) is 4.74 Å². The van der Waals surface area contributed by atoms with E-state index >= 15 is 0 Å². The maximum atomic E-state index is 13.7. The zero-order chi connectivity index (χ0) is 24.8. The quantitative estimate of drug-likeness (QED) is 0.334. The van der Waals surface area contributed by atoms with Crippen molar-refractivity contribution in [3.05, 3.63) is 104 Å². The minimum Gasteiger partial charge on any atom is -0.382 e. The molecule has 8 heteroatoms. The van der Waals surface area contributed by atoms with Crippen molar-refractivity contribution in [2.24, 2.45) is 0 Å². The molecule has 0 aliphatic rings. The number of aromatic amines is 1. The van der Waals surface area contributed by atoms with Gasteiger partial charge in [0.25, 0.3) is 11.1 Å². The van der Waals surface area contributed by atoms with E-state index in [1.165, 1.54) is 18.2 Å². The van der Waals surface area contributed by atoms with Crippen molar-refractivity contribution in [1.82, 2.24) is 19.2 Å². The number of hydrogen-bond acceptors (Lipinski definition) is 4. The first-order valence-electron chi connectivity index (χ1n) is 11.9. The van der Waals surface area contributed by atoms with E-state index in [9.17, 15) is 14.0 Å². The van der Waals surface area contributed by atoms with Crippen molar-refractivity contribution in [2.75, 3.05) is 20.3 Å². The Kier molecular flexibility index (Phi) is 7.94. The van der Waals surface area contributed by atoms with E-state index in [1.54, 1.807) is 15.3 Å². The zero-order valence-electron chi connectivity index (χ0n) is 20.2. The lowest BCUT2D eigenvalue weighted by Gasteiger charge is -2.20. The maximum absolute atomic E-state index is 13.7. The van der Waals surface area contributed by atoms with Gasteiger partial charge in [0, 0.05) is 38.9 Å². The monoisotopic (exact) mass is 478 g/mol. The molecule has 2 aromatic heterocycles. The summed E-state index contributed by atoms with van der Waals surface area (Å²) in [5.74, 6) is -0.291. The lowest BCUT2D eigenvalue weighted by atomic mass is 10.1. The second-order valence-electron chi connectivity index (χ2n) is 8.71. The van der Waals surface area contributed by atoms with E-state index < -0.39 is 0 Å². The molecule has 0 unspecified atom stereocenters. The van der Waals surface area contributed by atoms with Crippen LogP contribution in [-0.4, -0.2) is 39.5 Å². The number of nitrogens with zero attached hydrogens (tertiary/aromatic N) is 3. The first-order valence-corrected chi connectivity index (χ1v) is 11.9. The van der Waals surface area contributed by atoms with Gasteiger partial charge in [-0.1, -0.05) is 42.5 Å². The summed E-state index contributed by atoms with van der Waals surface area (Å²) in [6, 6.07) is 17.6. The zero-order valence-corrected chi connectivity index (χ0v) is 20.2. The molecule has 0 spiro atoms. The first kappa shape index (κ1) is 24.6. The summed E-state index contributed by atoms with van der Waals surface area (Å²) >= 11 is 0. The molecule has 0 saturated heterocycles. The Bertz CT molecular complexity index is 1390. The molecular weight excluding hydrogens is 447 g/mol. The van der Waals surface area contributed by atoms with Gasteiger partial charge in [-0.2, -0.15) is 0 Å². The summed E-state index contributed by atoms with van der Waals surface area (Å²) in [5, 5.41) is 3.63. The van der Waals surface area contributed by atoms with Crippen LogP contribution in [0.25, 0.3) is 10.9 Å². The van der Waals surface area contributed by atoms with Gasteiger partial charge in [-0.15, -0.1) is 0 Å². The fraction of sp³-hybridized carbons (Fsp3) is 0.333. The number of nitrogens with one attached hydrogen (secondary N) is 1. The molecule has 184 valence electrons. The van der Waals surface area contributed by atoms with Crippen LogP contribution in [0.5, 0.6) is 0 Å². The Morgan fingerprint density at radius 1 is 1.00 bits per heavy atom. The van der Waals surface area contributed by atoms with Gasteiger partial charge in [-0.3, -0.25) is 19.6 Å². The largest absolute Gasteiger partial charge is 0.382 e. The number of hydrogen-bond donors (Lipinski definition) is 1. The second kappa shape index (κ2) is 11.3. The van der Waals surface area contributed by atoms with Crippen molar-refractivity contribution in [3.63, 3.8) is 0 Å². The molecule has 2 aromatic carbocycles. The van der Waals surface area contributed by atoms with Crippen LogP contribution in [0.3, 0.4) is 0 Å². The van der Waals surface area contributed by atoms with Crippen LogP contribution in [0.4, 0.5) is 4.39 Å². The van der Waals surface area contributed by atoms with Crippen molar-refractivity contribution in [2.45, 2.75) is 39.5 Å². The number of benzene rings is 2. The molecule has 0 bridgehead atoms. The molecular formula is C27H31FN4O3. The highest BCUT2D eigenvalue weighted by molar-refractivity contribution is 5.80. The molecule has 4 aromatic rings. The predicted molar refractivity (Wildman–Crippen MR) is 135 cm³/mol. The van der Waals surface area contributed by atoms with Gasteiger partial charge < -0.3 is 9.30 Å². The summed E-state index contributed by atoms with van der Waals surface area (Å²) in [6.45, 7) is 4.73. The Labute approximate surface area is 203 Å². The summed E-state index contributed by atoms with van der Waals surface area (Å²) < 4.78 is 22.4. The lowest BCUT2D eigenvalue weighted by Crippen LogP contribution is -2.29. The van der Waals surface area contributed by atoms with Crippen LogP contribution in [0.1, 0.15) is 30.2 Å². The third kappa shape index (κ3) is 5.96. The smallest absolute Gasteiger partial charge is 0.276 e. The van der Waals surface area contributed by atoms with Gasteiger partial charge in [0.2, 0.25) is 0 Å². The van der Waals surface area contributed by atoms with E-state index in [0.717, 1.165) is 11.1 Å². The van der Waals surface area contributed by atoms with Gasteiger partial charge >= 0.3 is 0 Å². The number of aromatic nitrogens is 3. The number of halogens is 1. The lowest BCUT2D eigenvalue weighted by molar-refractivity contribution is 0.141. The van der Waals surface area contributed by atoms with Crippen molar-refractivity contribution >= 4 is 10.9 Å². The molecule has 0 fully saturated rings. The van der Waals surface area contributed by atoms with Crippen LogP contribution in [0.15, 0.2) is 70.3 Å². The molecule has 0 aliphatic heterocycles. The molecule has 0 amide bonds. The average Bonchev–Trinajstić information content (AvgIpc) is 3.13. The van der Waals surface area contributed by atoms with Crippen LogP contribution in [0, 0.1) is 5.82 Å². The van der Waals surface area contributed by atoms with Gasteiger partial charge in [-0.05, 0) is 43.7 Å². The summed E-state index contributed by atoms with van der Waals surface area (Å²) in [6.07, 6.45) is 0.655. The fourth-order valence-electron chi connectivity index (χ4n) is 4.37. The van der Waals surface area contributed by atoms with Crippen molar-refractivity contribution in [1.29, 1.82) is 0 Å². The summed E-state index contributed by atoms with van der Waals surface area (Å²) in [7, 11) is 1.90. The topological polar surface area (TPSA) is 72.3 Å². The minimum atomic E-state index is -0.291. The van der Waals surface area contributed by atoms with Gasteiger partial charge in [0.05, 0.1) is 23.1 Å². The molecule has 7 nitrogen and oxygen atoms in total. The third-order valence-corrected chi connectivity index (χ3v) is 5.95. The molecule has 0 aliphatic carbocycles. The normalized spacial score (nSPS) is 11.5. The fourth-order valence-corrected chi connectivity index (χ4v) is 4.37. The molecule has 0 atom stereocenters. The molecule has 35 heavy (non-hydrogen) atoms. The second-order valence-corrected chi connectivity index (χ2v) is 8.71. The third-order valence-electron chi connectivity index (χ3n) is 5.95. The molecule has 0 radical (unpaired) electrons. The number of ether oxygens (including phenoxy) is 1. The Morgan fingerprint density at radius 2 is 1.77 bits per heavy atom. The number of rotatable bonds is 11. The number of fused-ring (bicyclic) bond motifs is 1. The number of pyridine rings is 1. The van der Waals surface area contributed by atoms with Crippen LogP contribution in [-0.2, 0) is 30.9 Å². The summed E-state index contributed by atoms with van der Waals surface area (Å²) in [4.78, 5) is 28.6. The number of H-pyrrole nitrogens is 1. The highest BCUT2D eigenvalue weighted by Crippen LogP contribution is 2.17. The summed E-state index contributed by atoms with van der Waals surface area (Å²) in [5.41, 5.74) is 2.63. The minimum absolute atomic E-state index is 0.170. The molecule has 4 rings (SSSR count). The highest BCUT2D eigenvalue weighted by atomic mass is 19.1. The van der Waals surface area contributed by atoms with Crippen LogP contribution in [0.2, 0.25) is 0 Å².